The molecule has 0 aliphatic carbocycles. The van der Waals surface area contributed by atoms with Crippen molar-refractivity contribution in [1.82, 2.24) is 4.98 Å². The van der Waals surface area contributed by atoms with Gasteiger partial charge >= 0.3 is 0 Å². The molecule has 20 heavy (non-hydrogen) atoms. The number of nitrogens with zero attached hydrogens (tertiary/aromatic N) is 2. The summed E-state index contributed by atoms with van der Waals surface area (Å²) in [4.78, 5) is 6.83. The molecule has 0 atom stereocenters. The highest BCUT2D eigenvalue weighted by atomic mass is 79.9. The fraction of sp³-hybridized carbons (Fsp3) is 0.118. The molecule has 3 rings (SSSR count). The van der Waals surface area contributed by atoms with Crippen LogP contribution in [0, 0.1) is 0 Å². The van der Waals surface area contributed by atoms with Crippen LogP contribution < -0.4 is 4.90 Å². The van der Waals surface area contributed by atoms with Crippen molar-refractivity contribution in [1.29, 1.82) is 0 Å². The highest BCUT2D eigenvalue weighted by molar-refractivity contribution is 9.10. The second-order valence-corrected chi connectivity index (χ2v) is 5.43. The molecule has 0 radical (unpaired) electrons. The van der Waals surface area contributed by atoms with Crippen molar-refractivity contribution in [3.8, 4) is 0 Å². The van der Waals surface area contributed by atoms with Gasteiger partial charge in [-0.15, -0.1) is 0 Å². The summed E-state index contributed by atoms with van der Waals surface area (Å²) >= 11 is 3.45. The third kappa shape index (κ3) is 2.83. The Morgan fingerprint density at radius 3 is 2.70 bits per heavy atom. The lowest BCUT2D eigenvalue weighted by Gasteiger charge is -2.24. The predicted molar refractivity (Wildman–Crippen MR) is 87.4 cm³/mol. The lowest BCUT2D eigenvalue weighted by atomic mass is 10.1. The van der Waals surface area contributed by atoms with Gasteiger partial charge in [-0.25, -0.2) is 4.98 Å². The zero-order chi connectivity index (χ0) is 13.8. The first-order valence-corrected chi connectivity index (χ1v) is 7.43. The molecule has 0 N–H and O–H groups in total. The molecule has 3 heteroatoms. The molecule has 0 saturated carbocycles. The summed E-state index contributed by atoms with van der Waals surface area (Å²) in [6.45, 7) is 0.810. The molecule has 0 fully saturated rings. The molecule has 0 unspecified atom stereocenters. The maximum Gasteiger partial charge on any atom is 0.134 e. The molecule has 0 bridgehead atoms. The standard InChI is InChI=1S/C17H15BrN2/c18-16-11-7-12-17(19-16)20-13-6-2-1-3-8-14-9-4-5-10-15(14)20/h1-7,9-12H,8,13H2/b3-1-,6-2-. The number of allylic oxidation sites excluding steroid dienone is 3. The van der Waals surface area contributed by atoms with E-state index in [2.05, 4.69) is 74.4 Å². The average molecular weight is 327 g/mol. The Balaban J connectivity index is 2.09. The van der Waals surface area contributed by atoms with Crippen LogP contribution in [-0.4, -0.2) is 11.5 Å². The fourth-order valence-electron chi connectivity index (χ4n) is 2.33. The SMILES string of the molecule is Brc1cccc(N2C/C=C\C=C/Cc3ccccc32)n1. The van der Waals surface area contributed by atoms with Gasteiger partial charge in [-0.2, -0.15) is 0 Å². The summed E-state index contributed by atoms with van der Waals surface area (Å²) in [5, 5.41) is 0. The van der Waals surface area contributed by atoms with E-state index in [1.807, 2.05) is 18.2 Å². The number of para-hydroxylation sites is 1. The van der Waals surface area contributed by atoms with Gasteiger partial charge in [0, 0.05) is 12.2 Å². The number of anilines is 2. The Morgan fingerprint density at radius 2 is 1.80 bits per heavy atom. The molecule has 0 saturated heterocycles. The number of hydrogen-bond acceptors (Lipinski definition) is 2. The molecule has 1 aromatic heterocycles. The number of rotatable bonds is 1. The quantitative estimate of drug-likeness (QED) is 0.709. The van der Waals surface area contributed by atoms with Crippen LogP contribution in [0.5, 0.6) is 0 Å². The zero-order valence-corrected chi connectivity index (χ0v) is 12.6. The normalized spacial score (nSPS) is 17.6. The van der Waals surface area contributed by atoms with Gasteiger partial charge in [0.15, 0.2) is 0 Å². The molecule has 1 aromatic carbocycles. The highest BCUT2D eigenvalue weighted by Crippen LogP contribution is 2.29. The van der Waals surface area contributed by atoms with Crippen LogP contribution in [0.3, 0.4) is 0 Å². The van der Waals surface area contributed by atoms with Gasteiger partial charge in [-0.05, 0) is 46.1 Å². The zero-order valence-electron chi connectivity index (χ0n) is 11.0. The van der Waals surface area contributed by atoms with E-state index in [0.29, 0.717) is 0 Å². The largest absolute Gasteiger partial charge is 0.322 e. The van der Waals surface area contributed by atoms with Gasteiger partial charge in [0.05, 0.1) is 0 Å². The van der Waals surface area contributed by atoms with E-state index in [4.69, 9.17) is 0 Å². The molecule has 2 aromatic rings. The van der Waals surface area contributed by atoms with Crippen LogP contribution in [-0.2, 0) is 6.42 Å². The van der Waals surface area contributed by atoms with E-state index in [1.165, 1.54) is 11.3 Å². The fourth-order valence-corrected chi connectivity index (χ4v) is 2.66. The van der Waals surface area contributed by atoms with Gasteiger partial charge in [0.25, 0.3) is 0 Å². The maximum absolute atomic E-state index is 4.59. The molecule has 2 heterocycles. The number of halogens is 1. The summed E-state index contributed by atoms with van der Waals surface area (Å²) in [5.74, 6) is 0.957. The Bertz CT molecular complexity index is 662. The van der Waals surface area contributed by atoms with Gasteiger partial charge in [0.1, 0.15) is 10.4 Å². The minimum Gasteiger partial charge on any atom is -0.322 e. The summed E-state index contributed by atoms with van der Waals surface area (Å²) in [7, 11) is 0. The highest BCUT2D eigenvalue weighted by Gasteiger charge is 2.13. The Kier molecular flexibility index (Phi) is 3.97. The summed E-state index contributed by atoms with van der Waals surface area (Å²) in [6, 6.07) is 14.5. The van der Waals surface area contributed by atoms with Gasteiger partial charge < -0.3 is 4.90 Å². The first-order valence-electron chi connectivity index (χ1n) is 6.64. The molecule has 2 nitrogen and oxygen atoms in total. The Hall–Kier alpha value is -1.87. The lowest BCUT2D eigenvalue weighted by molar-refractivity contribution is 1.03. The van der Waals surface area contributed by atoms with Crippen molar-refractivity contribution < 1.29 is 0 Å². The molecule has 0 amide bonds. The van der Waals surface area contributed by atoms with E-state index in [9.17, 15) is 0 Å². The number of hydrogen-bond donors (Lipinski definition) is 0. The molecular weight excluding hydrogens is 312 g/mol. The molecule has 0 spiro atoms. The minimum absolute atomic E-state index is 0.810. The van der Waals surface area contributed by atoms with Crippen molar-refractivity contribution in [3.05, 3.63) is 76.9 Å². The molecule has 1 aliphatic heterocycles. The van der Waals surface area contributed by atoms with Crippen LogP contribution in [0.4, 0.5) is 11.5 Å². The number of aromatic nitrogens is 1. The monoisotopic (exact) mass is 326 g/mol. The van der Waals surface area contributed by atoms with E-state index >= 15 is 0 Å². The van der Waals surface area contributed by atoms with Gasteiger partial charge in [-0.1, -0.05) is 48.6 Å². The van der Waals surface area contributed by atoms with Crippen molar-refractivity contribution in [2.24, 2.45) is 0 Å². The van der Waals surface area contributed by atoms with Crippen LogP contribution in [0.25, 0.3) is 0 Å². The van der Waals surface area contributed by atoms with Crippen molar-refractivity contribution >= 4 is 27.4 Å². The topological polar surface area (TPSA) is 16.1 Å². The van der Waals surface area contributed by atoms with E-state index < -0.39 is 0 Å². The molecule has 1 aliphatic rings. The molecular formula is C17H15BrN2. The first kappa shape index (κ1) is 13.1. The first-order chi connectivity index (χ1) is 9.84. The molecule has 100 valence electrons. The maximum atomic E-state index is 4.59. The van der Waals surface area contributed by atoms with Crippen molar-refractivity contribution in [3.63, 3.8) is 0 Å². The van der Waals surface area contributed by atoms with Crippen LogP contribution in [0.1, 0.15) is 5.56 Å². The Morgan fingerprint density at radius 1 is 0.950 bits per heavy atom. The predicted octanol–water partition coefficient (Wildman–Crippen LogP) is 4.65. The van der Waals surface area contributed by atoms with Crippen molar-refractivity contribution in [2.45, 2.75) is 6.42 Å². The number of benzene rings is 1. The minimum atomic E-state index is 0.810. The van der Waals surface area contributed by atoms with Crippen LogP contribution in [0.2, 0.25) is 0 Å². The van der Waals surface area contributed by atoms with E-state index in [0.717, 1.165) is 23.4 Å². The smallest absolute Gasteiger partial charge is 0.134 e. The second-order valence-electron chi connectivity index (χ2n) is 4.62. The third-order valence-electron chi connectivity index (χ3n) is 3.27. The number of fused-ring (bicyclic) bond motifs is 1. The van der Waals surface area contributed by atoms with Crippen molar-refractivity contribution in [2.75, 3.05) is 11.4 Å². The number of pyridine rings is 1. The summed E-state index contributed by atoms with van der Waals surface area (Å²) in [6.07, 6.45) is 9.48. The van der Waals surface area contributed by atoms with E-state index in [-0.39, 0.29) is 0 Å². The Labute approximate surface area is 127 Å². The average Bonchev–Trinajstić information content (AvgIpc) is 2.57. The summed E-state index contributed by atoms with van der Waals surface area (Å²) < 4.78 is 0.856. The second kappa shape index (κ2) is 6.06. The van der Waals surface area contributed by atoms with E-state index in [1.54, 1.807) is 0 Å². The van der Waals surface area contributed by atoms with Crippen LogP contribution in [0.15, 0.2) is 71.4 Å². The van der Waals surface area contributed by atoms with Crippen LogP contribution >= 0.6 is 15.9 Å². The lowest BCUT2D eigenvalue weighted by Crippen LogP contribution is -2.19. The van der Waals surface area contributed by atoms with Gasteiger partial charge in [0.2, 0.25) is 0 Å². The third-order valence-corrected chi connectivity index (χ3v) is 3.71. The van der Waals surface area contributed by atoms with Gasteiger partial charge in [-0.3, -0.25) is 0 Å². The summed E-state index contributed by atoms with van der Waals surface area (Å²) in [5.41, 5.74) is 2.53.